The zero-order chi connectivity index (χ0) is 26.1. The largest absolute Gasteiger partial charge is 0.371 e. The lowest BCUT2D eigenvalue weighted by Gasteiger charge is -2.18. The summed E-state index contributed by atoms with van der Waals surface area (Å²) < 4.78 is 15.5. The van der Waals surface area contributed by atoms with Crippen LogP contribution in [0.15, 0.2) is 53.6 Å². The van der Waals surface area contributed by atoms with Gasteiger partial charge in [0, 0.05) is 34.4 Å². The van der Waals surface area contributed by atoms with Crippen molar-refractivity contribution in [2.45, 2.75) is 25.9 Å². The summed E-state index contributed by atoms with van der Waals surface area (Å²) in [6, 6.07) is 9.74. The van der Waals surface area contributed by atoms with E-state index in [1.165, 1.54) is 35.7 Å². The van der Waals surface area contributed by atoms with Crippen LogP contribution in [0, 0.1) is 17.1 Å². The van der Waals surface area contributed by atoms with E-state index in [0.717, 1.165) is 5.69 Å². The predicted octanol–water partition coefficient (Wildman–Crippen LogP) is 7.13. The van der Waals surface area contributed by atoms with E-state index in [0.29, 0.717) is 38.7 Å². The van der Waals surface area contributed by atoms with E-state index in [9.17, 15) is 9.65 Å². The molecule has 3 aromatic heterocycles. The molecule has 2 N–H and O–H groups in total. The maximum atomic E-state index is 13.7. The van der Waals surface area contributed by atoms with Crippen LogP contribution in [0.4, 0.5) is 21.5 Å². The van der Waals surface area contributed by atoms with Gasteiger partial charge in [-0.3, -0.25) is 4.98 Å². The number of halogens is 3. The van der Waals surface area contributed by atoms with Crippen molar-refractivity contribution in [1.29, 1.82) is 5.26 Å². The van der Waals surface area contributed by atoms with Crippen molar-refractivity contribution in [3.8, 4) is 6.07 Å². The molecule has 0 aliphatic carbocycles. The topological polar surface area (TPSA) is 104 Å². The maximum absolute atomic E-state index is 13.7. The minimum Gasteiger partial charge on any atom is -0.371 e. The van der Waals surface area contributed by atoms with Crippen LogP contribution in [-0.4, -0.2) is 25.0 Å². The normalized spacial score (nSPS) is 12.0. The van der Waals surface area contributed by atoms with Gasteiger partial charge in [0.05, 0.1) is 44.2 Å². The van der Waals surface area contributed by atoms with Crippen LogP contribution >= 0.6 is 34.5 Å². The average Bonchev–Trinajstić information content (AvgIpc) is 3.58. The van der Waals surface area contributed by atoms with E-state index in [-0.39, 0.29) is 16.6 Å². The molecule has 0 aliphatic rings. The minimum atomic E-state index is -0.538. The molecular weight excluding hydrogens is 534 g/mol. The van der Waals surface area contributed by atoms with Crippen LogP contribution in [-0.2, 0) is 0 Å². The van der Waals surface area contributed by atoms with Gasteiger partial charge in [-0.25, -0.2) is 14.1 Å². The van der Waals surface area contributed by atoms with Crippen LogP contribution < -0.4 is 10.6 Å². The molecule has 12 heteroatoms. The summed E-state index contributed by atoms with van der Waals surface area (Å²) in [7, 11) is 0. The fourth-order valence-electron chi connectivity index (χ4n) is 3.79. The zero-order valence-corrected chi connectivity index (χ0v) is 21.9. The Kier molecular flexibility index (Phi) is 6.93. The third-order valence-corrected chi connectivity index (χ3v) is 6.83. The number of nitriles is 1. The number of nitrogens with zero attached hydrogens (tertiary/aromatic N) is 6. The van der Waals surface area contributed by atoms with Gasteiger partial charge in [0.15, 0.2) is 0 Å². The van der Waals surface area contributed by atoms with Crippen molar-refractivity contribution in [1.82, 2.24) is 25.0 Å². The molecule has 0 aliphatic heterocycles. The van der Waals surface area contributed by atoms with Gasteiger partial charge in [0.1, 0.15) is 23.6 Å². The molecule has 0 fully saturated rings. The molecule has 0 spiro atoms. The summed E-state index contributed by atoms with van der Waals surface area (Å²) in [4.78, 5) is 8.87. The number of anilines is 3. The predicted molar refractivity (Wildman–Crippen MR) is 144 cm³/mol. The first-order valence-corrected chi connectivity index (χ1v) is 12.8. The average molecular weight is 553 g/mol. The van der Waals surface area contributed by atoms with Crippen LogP contribution in [0.1, 0.15) is 42.9 Å². The van der Waals surface area contributed by atoms with E-state index in [1.54, 1.807) is 16.3 Å². The number of hydrogen-bond acceptors (Lipinski definition) is 8. The lowest BCUT2D eigenvalue weighted by atomic mass is 10.1. The van der Waals surface area contributed by atoms with Crippen molar-refractivity contribution in [2.24, 2.45) is 0 Å². The molecule has 3 heterocycles. The number of thiazole rings is 1. The molecule has 8 nitrogen and oxygen atoms in total. The second-order valence-corrected chi connectivity index (χ2v) is 10.0. The Balaban J connectivity index is 1.60. The first-order valence-electron chi connectivity index (χ1n) is 11.1. The number of aromatic nitrogens is 5. The Bertz CT molecular complexity index is 1630. The molecule has 0 amide bonds. The van der Waals surface area contributed by atoms with Gasteiger partial charge in [-0.2, -0.15) is 5.26 Å². The molecule has 0 bridgehead atoms. The van der Waals surface area contributed by atoms with Crippen molar-refractivity contribution in [3.63, 3.8) is 0 Å². The summed E-state index contributed by atoms with van der Waals surface area (Å²) in [5, 5.41) is 27.9. The monoisotopic (exact) mass is 552 g/mol. The van der Waals surface area contributed by atoms with Gasteiger partial charge in [-0.15, -0.1) is 16.4 Å². The number of nitrogens with one attached hydrogen (secondary N) is 2. The molecule has 5 aromatic rings. The highest BCUT2D eigenvalue weighted by Gasteiger charge is 2.22. The Labute approximate surface area is 225 Å². The Morgan fingerprint density at radius 2 is 1.89 bits per heavy atom. The van der Waals surface area contributed by atoms with Crippen LogP contribution in [0.5, 0.6) is 0 Å². The highest BCUT2D eigenvalue weighted by molar-refractivity contribution is 7.07. The van der Waals surface area contributed by atoms with Crippen LogP contribution in [0.3, 0.4) is 0 Å². The SMILES string of the molecule is CC(C)n1cc(C(Nc2cc(Cl)c3ncc(C#N)c(Nc4ccc(F)c(Cl)c4)c3c2)c2cscn2)nn1. The number of fused-ring (bicyclic) bond motifs is 1. The van der Waals surface area contributed by atoms with E-state index in [1.807, 2.05) is 31.5 Å². The third-order valence-electron chi connectivity index (χ3n) is 5.65. The minimum absolute atomic E-state index is 0.0391. The molecule has 0 saturated carbocycles. The van der Waals surface area contributed by atoms with Gasteiger partial charge >= 0.3 is 0 Å². The summed E-state index contributed by atoms with van der Waals surface area (Å²) in [6.07, 6.45) is 3.32. The lowest BCUT2D eigenvalue weighted by molar-refractivity contribution is 0.514. The van der Waals surface area contributed by atoms with Gasteiger partial charge in [0.25, 0.3) is 0 Å². The number of hydrogen-bond donors (Lipinski definition) is 2. The molecule has 0 saturated heterocycles. The molecule has 1 atom stereocenters. The van der Waals surface area contributed by atoms with Crippen molar-refractivity contribution in [2.75, 3.05) is 10.6 Å². The summed E-state index contributed by atoms with van der Waals surface area (Å²) in [5.74, 6) is -0.538. The van der Waals surface area contributed by atoms with Gasteiger partial charge in [0.2, 0.25) is 0 Å². The fourth-order valence-corrected chi connectivity index (χ4v) is 4.81. The highest BCUT2D eigenvalue weighted by Crippen LogP contribution is 2.37. The standard InChI is InChI=1S/C25H19Cl2FN8S/c1-13(2)36-10-21(34-35-36)25(22-11-37-12-31-22)33-16-5-17-23(32-15-3-4-20(28)18(26)6-15)14(8-29)9-30-24(17)19(27)7-16/h3-7,9-13,25,33H,1-2H3,(H,30,32). The Morgan fingerprint density at radius 3 is 2.57 bits per heavy atom. The first-order chi connectivity index (χ1) is 17.8. The Hall–Kier alpha value is -3.78. The highest BCUT2D eigenvalue weighted by atomic mass is 35.5. The number of benzene rings is 2. The van der Waals surface area contributed by atoms with E-state index in [4.69, 9.17) is 23.2 Å². The quantitative estimate of drug-likeness (QED) is 0.221. The van der Waals surface area contributed by atoms with Crippen LogP contribution in [0.2, 0.25) is 10.0 Å². The smallest absolute Gasteiger partial charge is 0.141 e. The molecule has 37 heavy (non-hydrogen) atoms. The van der Waals surface area contributed by atoms with Gasteiger partial charge in [-0.05, 0) is 44.2 Å². The first kappa shape index (κ1) is 24.9. The molecule has 2 aromatic carbocycles. The van der Waals surface area contributed by atoms with E-state index in [2.05, 4.69) is 37.0 Å². The second-order valence-electron chi connectivity index (χ2n) is 8.47. The third kappa shape index (κ3) is 5.06. The second kappa shape index (κ2) is 10.3. The van der Waals surface area contributed by atoms with Crippen molar-refractivity contribution in [3.05, 3.63) is 86.4 Å². The molecule has 1 unspecified atom stereocenters. The molecular formula is C25H19Cl2FN8S. The summed E-state index contributed by atoms with van der Waals surface area (Å²) >= 11 is 14.1. The van der Waals surface area contributed by atoms with Gasteiger partial charge < -0.3 is 10.6 Å². The molecule has 0 radical (unpaired) electrons. The Morgan fingerprint density at radius 1 is 1.08 bits per heavy atom. The summed E-state index contributed by atoms with van der Waals surface area (Å²) in [5.41, 5.74) is 5.65. The van der Waals surface area contributed by atoms with Crippen LogP contribution in [0.25, 0.3) is 10.9 Å². The maximum Gasteiger partial charge on any atom is 0.141 e. The van der Waals surface area contributed by atoms with Gasteiger partial charge in [-0.1, -0.05) is 28.4 Å². The molecule has 186 valence electrons. The van der Waals surface area contributed by atoms with E-state index < -0.39 is 11.9 Å². The molecule has 5 rings (SSSR count). The number of pyridine rings is 1. The summed E-state index contributed by atoms with van der Waals surface area (Å²) in [6.45, 7) is 4.05. The van der Waals surface area contributed by atoms with Crippen molar-refractivity contribution < 1.29 is 4.39 Å². The lowest BCUT2D eigenvalue weighted by Crippen LogP contribution is -2.13. The zero-order valence-electron chi connectivity index (χ0n) is 19.6. The fraction of sp³-hybridized carbons (Fsp3) is 0.160. The van der Waals surface area contributed by atoms with Crippen molar-refractivity contribution >= 4 is 62.5 Å². The van der Waals surface area contributed by atoms with E-state index >= 15 is 0 Å². The number of rotatable bonds is 7.